The van der Waals surface area contributed by atoms with Crippen molar-refractivity contribution in [2.75, 3.05) is 7.11 Å². The normalized spacial score (nSPS) is 13.5. The van der Waals surface area contributed by atoms with Crippen LogP contribution in [0, 0.1) is 19.7 Å². The number of aryl methyl sites for hydroxylation is 1. The van der Waals surface area contributed by atoms with Crippen molar-refractivity contribution in [1.82, 2.24) is 19.9 Å². The minimum absolute atomic E-state index is 0.00928. The van der Waals surface area contributed by atoms with Crippen molar-refractivity contribution in [2.45, 2.75) is 37.8 Å². The van der Waals surface area contributed by atoms with Crippen molar-refractivity contribution in [3.05, 3.63) is 73.9 Å². The highest BCUT2D eigenvalue weighted by molar-refractivity contribution is 7.89. The monoisotopic (exact) mass is 498 g/mol. The molecule has 0 aliphatic heterocycles. The first-order valence-corrected chi connectivity index (χ1v) is 11.4. The molecule has 3 aromatic rings. The number of carbonyl (C=O) groups excluding carboxylic acids is 1. The summed E-state index contributed by atoms with van der Waals surface area (Å²) in [7, 11) is -3.48. The molecular weight excluding hydrogens is 479 g/mol. The quantitative estimate of drug-likeness (QED) is 0.473. The summed E-state index contributed by atoms with van der Waals surface area (Å²) in [6.07, 6.45) is 1.04. The van der Waals surface area contributed by atoms with Crippen LogP contribution in [-0.2, 0) is 14.8 Å². The molecule has 10 nitrogen and oxygen atoms in total. The highest BCUT2D eigenvalue weighted by atomic mass is 35.5. The molecule has 0 radical (unpaired) electrons. The summed E-state index contributed by atoms with van der Waals surface area (Å²) in [6, 6.07) is 2.60. The van der Waals surface area contributed by atoms with Crippen LogP contribution in [-0.4, -0.2) is 36.7 Å². The molecule has 2 aromatic heterocycles. The lowest BCUT2D eigenvalue weighted by Gasteiger charge is -2.25. The third kappa shape index (κ3) is 4.97. The van der Waals surface area contributed by atoms with Gasteiger partial charge in [0.25, 0.3) is 10.0 Å². The van der Waals surface area contributed by atoms with Gasteiger partial charge in [-0.05, 0) is 42.7 Å². The number of hydrogen-bond acceptors (Lipinski definition) is 8. The molecule has 0 bridgehead atoms. The predicted octanol–water partition coefficient (Wildman–Crippen LogP) is 2.78. The summed E-state index contributed by atoms with van der Waals surface area (Å²) >= 11 is 5.86. The Labute approximate surface area is 193 Å². The largest absolute Gasteiger partial charge is 0.465 e. The van der Waals surface area contributed by atoms with Crippen LogP contribution >= 0.6 is 11.6 Å². The summed E-state index contributed by atoms with van der Waals surface area (Å²) < 4.78 is 53.3. The average molecular weight is 499 g/mol. The van der Waals surface area contributed by atoms with Gasteiger partial charge in [-0.25, -0.2) is 32.5 Å². The number of benzene rings is 1. The lowest BCUT2D eigenvalue weighted by molar-refractivity contribution is 0.0595. The molecule has 13 heteroatoms. The van der Waals surface area contributed by atoms with Gasteiger partial charge in [0, 0.05) is 12.1 Å². The highest BCUT2D eigenvalue weighted by Gasteiger charge is 2.35. The number of nitrogens with one attached hydrogen (secondary N) is 2. The molecular formula is C20H20ClFN4O6S. The number of pyridine rings is 1. The molecule has 2 heterocycles. The smallest absolute Gasteiger partial charge is 0.434 e. The fourth-order valence-electron chi connectivity index (χ4n) is 3.39. The van der Waals surface area contributed by atoms with E-state index >= 15 is 0 Å². The number of sulfonamides is 1. The number of rotatable bonds is 7. The SMILES string of the molecule is COC(=O)c1cc(Cl)cnc1S(=O)(=O)NC(c1n[nH]c(=O)o1)C(C)c1c(F)ccc(C)c1C. The minimum atomic E-state index is -4.55. The standard InChI is InChI=1S/C20H20ClFN4O6S/c1-9-5-6-14(22)15(10(9)2)11(3)16(17-24-25-20(28)32-17)26-33(29,30)18-13(19(27)31-4)7-12(21)8-23-18/h5-8,11,16,26H,1-4H3,(H,25,28). The van der Waals surface area contributed by atoms with Gasteiger partial charge in [-0.3, -0.25) is 0 Å². The molecule has 2 atom stereocenters. The molecule has 3 rings (SSSR count). The van der Waals surface area contributed by atoms with Crippen molar-refractivity contribution in [3.63, 3.8) is 0 Å². The molecule has 2 unspecified atom stereocenters. The molecule has 0 fully saturated rings. The van der Waals surface area contributed by atoms with Crippen LogP contribution in [0.2, 0.25) is 5.02 Å². The van der Waals surface area contributed by atoms with Gasteiger partial charge in [0.1, 0.15) is 11.9 Å². The maximum absolute atomic E-state index is 14.8. The number of ether oxygens (including phenoxy) is 1. The van der Waals surface area contributed by atoms with Gasteiger partial charge in [0.15, 0.2) is 5.03 Å². The molecule has 33 heavy (non-hydrogen) atoms. The van der Waals surface area contributed by atoms with Gasteiger partial charge in [-0.2, -0.15) is 4.72 Å². The number of nitrogens with zero attached hydrogens (tertiary/aromatic N) is 2. The Balaban J connectivity index is 2.14. The van der Waals surface area contributed by atoms with Crippen molar-refractivity contribution in [1.29, 1.82) is 0 Å². The second kappa shape index (κ2) is 9.41. The summed E-state index contributed by atoms with van der Waals surface area (Å²) in [5, 5.41) is 5.12. The van der Waals surface area contributed by atoms with Crippen LogP contribution in [0.1, 0.15) is 51.8 Å². The first-order valence-electron chi connectivity index (χ1n) is 9.53. The van der Waals surface area contributed by atoms with Crippen LogP contribution in [0.5, 0.6) is 0 Å². The van der Waals surface area contributed by atoms with Gasteiger partial charge in [0.2, 0.25) is 5.89 Å². The number of esters is 1. The minimum Gasteiger partial charge on any atom is -0.465 e. The third-order valence-corrected chi connectivity index (χ3v) is 6.77. The van der Waals surface area contributed by atoms with Crippen LogP contribution in [0.15, 0.2) is 38.6 Å². The summed E-state index contributed by atoms with van der Waals surface area (Å²) in [5.74, 6) is -3.71. The Kier molecular flexibility index (Phi) is 7.00. The first-order chi connectivity index (χ1) is 15.5. The number of halogens is 2. The fraction of sp³-hybridized carbons (Fsp3) is 0.300. The Hall–Kier alpha value is -3.09. The molecule has 1 aromatic carbocycles. The number of methoxy groups -OCH3 is 1. The third-order valence-electron chi connectivity index (χ3n) is 5.17. The van der Waals surface area contributed by atoms with E-state index in [0.29, 0.717) is 5.56 Å². The zero-order valence-electron chi connectivity index (χ0n) is 18.0. The van der Waals surface area contributed by atoms with E-state index in [9.17, 15) is 22.4 Å². The molecule has 0 aliphatic rings. The van der Waals surface area contributed by atoms with E-state index in [-0.39, 0.29) is 16.5 Å². The van der Waals surface area contributed by atoms with E-state index in [2.05, 4.69) is 24.6 Å². The zero-order chi connectivity index (χ0) is 24.5. The Morgan fingerprint density at radius 2 is 2.03 bits per heavy atom. The van der Waals surface area contributed by atoms with E-state index < -0.39 is 50.1 Å². The maximum Gasteiger partial charge on any atom is 0.434 e. The van der Waals surface area contributed by atoms with E-state index in [1.165, 1.54) is 6.07 Å². The van der Waals surface area contributed by atoms with Crippen molar-refractivity contribution in [3.8, 4) is 0 Å². The Bertz CT molecular complexity index is 1370. The first kappa shape index (κ1) is 24.6. The average Bonchev–Trinajstić information content (AvgIpc) is 3.20. The molecule has 0 saturated heterocycles. The fourth-order valence-corrected chi connectivity index (χ4v) is 4.92. The van der Waals surface area contributed by atoms with E-state index in [1.54, 1.807) is 26.8 Å². The van der Waals surface area contributed by atoms with Gasteiger partial charge in [0.05, 0.1) is 17.7 Å². The van der Waals surface area contributed by atoms with Gasteiger partial charge in [-0.1, -0.05) is 24.6 Å². The lowest BCUT2D eigenvalue weighted by atomic mass is 9.88. The number of H-pyrrole nitrogens is 1. The number of carbonyl (C=O) groups is 1. The van der Waals surface area contributed by atoms with Crippen LogP contribution in [0.3, 0.4) is 0 Å². The second-order valence-corrected chi connectivity index (χ2v) is 9.31. The maximum atomic E-state index is 14.8. The van der Waals surface area contributed by atoms with E-state index in [4.69, 9.17) is 16.0 Å². The number of hydrogen-bond donors (Lipinski definition) is 2. The summed E-state index contributed by atoms with van der Waals surface area (Å²) in [4.78, 5) is 27.5. The second-order valence-electron chi connectivity index (χ2n) is 7.24. The van der Waals surface area contributed by atoms with Crippen molar-refractivity contribution < 1.29 is 26.8 Å². The van der Waals surface area contributed by atoms with E-state index in [1.807, 2.05) is 0 Å². The van der Waals surface area contributed by atoms with Crippen molar-refractivity contribution in [2.24, 2.45) is 0 Å². The summed E-state index contributed by atoms with van der Waals surface area (Å²) in [6.45, 7) is 5.01. The molecule has 176 valence electrons. The Morgan fingerprint density at radius 1 is 1.33 bits per heavy atom. The molecule has 2 N–H and O–H groups in total. The predicted molar refractivity (Wildman–Crippen MR) is 115 cm³/mol. The van der Waals surface area contributed by atoms with Gasteiger partial charge in [-0.15, -0.1) is 5.10 Å². The van der Waals surface area contributed by atoms with Crippen LogP contribution < -0.4 is 10.5 Å². The number of aromatic nitrogens is 3. The lowest BCUT2D eigenvalue weighted by Crippen LogP contribution is -2.34. The molecule has 0 amide bonds. The van der Waals surface area contributed by atoms with E-state index in [0.717, 1.165) is 24.9 Å². The van der Waals surface area contributed by atoms with Crippen LogP contribution in [0.25, 0.3) is 0 Å². The Morgan fingerprint density at radius 3 is 2.64 bits per heavy atom. The summed E-state index contributed by atoms with van der Waals surface area (Å²) in [5.41, 5.74) is 1.15. The molecule has 0 spiro atoms. The zero-order valence-corrected chi connectivity index (χ0v) is 19.5. The number of aromatic amines is 1. The van der Waals surface area contributed by atoms with Gasteiger partial charge >= 0.3 is 11.7 Å². The molecule has 0 aliphatic carbocycles. The highest BCUT2D eigenvalue weighted by Crippen LogP contribution is 2.35. The topological polar surface area (TPSA) is 144 Å². The van der Waals surface area contributed by atoms with Gasteiger partial charge < -0.3 is 9.15 Å². The molecule has 0 saturated carbocycles. The van der Waals surface area contributed by atoms with Crippen LogP contribution in [0.4, 0.5) is 4.39 Å². The van der Waals surface area contributed by atoms with Crippen molar-refractivity contribution >= 4 is 27.6 Å².